The first-order valence-corrected chi connectivity index (χ1v) is 4.45. The molecule has 0 saturated heterocycles. The Labute approximate surface area is 83.9 Å². The van der Waals surface area contributed by atoms with Crippen LogP contribution in [0.25, 0.3) is 0 Å². The number of hydrogen-bond acceptors (Lipinski definition) is 4. The number of Topliss-reactive ketones (excluding diaryl/α,β-unsaturated/α-hetero) is 1. The van der Waals surface area contributed by atoms with Gasteiger partial charge in [0.2, 0.25) is 0 Å². The summed E-state index contributed by atoms with van der Waals surface area (Å²) in [5.74, 6) is -0.777. The number of carbonyl (C=O) groups excluding carboxylic acids is 2. The van der Waals surface area contributed by atoms with Crippen molar-refractivity contribution in [1.82, 2.24) is 0 Å². The van der Waals surface area contributed by atoms with Crippen LogP contribution in [0.4, 0.5) is 0 Å². The summed E-state index contributed by atoms with van der Waals surface area (Å²) in [5, 5.41) is 8.22. The van der Waals surface area contributed by atoms with Crippen LogP contribution in [0.3, 0.4) is 0 Å². The number of esters is 1. The van der Waals surface area contributed by atoms with Gasteiger partial charge in [0, 0.05) is 12.8 Å². The second-order valence-electron chi connectivity index (χ2n) is 3.96. The van der Waals surface area contributed by atoms with Gasteiger partial charge in [-0.25, -0.2) is 0 Å². The molecule has 78 valence electrons. The van der Waals surface area contributed by atoms with Gasteiger partial charge in [0.25, 0.3) is 0 Å². The molecule has 0 aliphatic heterocycles. The number of nitriles is 1. The average molecular weight is 197 g/mol. The first kappa shape index (κ1) is 12.6. The van der Waals surface area contributed by atoms with Crippen LogP contribution in [0.5, 0.6) is 0 Å². The van der Waals surface area contributed by atoms with E-state index in [9.17, 15) is 9.59 Å². The highest BCUT2D eigenvalue weighted by atomic mass is 16.6. The molecule has 0 aromatic rings. The summed E-state index contributed by atoms with van der Waals surface area (Å²) >= 11 is 0. The SMILES string of the molecule is CC(C)(C)OC(=O)CC(=O)CCC#N. The highest BCUT2D eigenvalue weighted by Gasteiger charge is 2.18. The van der Waals surface area contributed by atoms with E-state index in [1.807, 2.05) is 6.07 Å². The zero-order chi connectivity index (χ0) is 11.2. The molecule has 0 aliphatic carbocycles. The molecule has 0 rings (SSSR count). The van der Waals surface area contributed by atoms with Crippen LogP contribution in [0.2, 0.25) is 0 Å². The fourth-order valence-electron chi connectivity index (χ4n) is 0.822. The lowest BCUT2D eigenvalue weighted by Crippen LogP contribution is -2.25. The van der Waals surface area contributed by atoms with Crippen molar-refractivity contribution in [3.8, 4) is 6.07 Å². The Morgan fingerprint density at radius 3 is 2.36 bits per heavy atom. The molecule has 0 atom stereocenters. The Morgan fingerprint density at radius 1 is 1.36 bits per heavy atom. The lowest BCUT2D eigenvalue weighted by molar-refractivity contribution is -0.156. The smallest absolute Gasteiger partial charge is 0.313 e. The molecular weight excluding hydrogens is 182 g/mol. The molecular formula is C10H15NO3. The molecule has 0 radical (unpaired) electrons. The maximum Gasteiger partial charge on any atom is 0.313 e. The topological polar surface area (TPSA) is 67.2 Å². The fraction of sp³-hybridized carbons (Fsp3) is 0.700. The van der Waals surface area contributed by atoms with Crippen molar-refractivity contribution < 1.29 is 14.3 Å². The predicted octanol–water partition coefficient (Wildman–Crippen LogP) is 1.59. The van der Waals surface area contributed by atoms with Crippen molar-refractivity contribution in [3.05, 3.63) is 0 Å². The number of ether oxygens (including phenoxy) is 1. The summed E-state index contributed by atoms with van der Waals surface area (Å²) in [6.45, 7) is 5.22. The van der Waals surface area contributed by atoms with Gasteiger partial charge in [-0.05, 0) is 20.8 Å². The third-order valence-electron chi connectivity index (χ3n) is 1.28. The maximum atomic E-state index is 11.1. The lowest BCUT2D eigenvalue weighted by atomic mass is 10.1. The molecule has 0 unspecified atom stereocenters. The molecule has 0 spiro atoms. The highest BCUT2D eigenvalue weighted by Crippen LogP contribution is 2.09. The molecule has 14 heavy (non-hydrogen) atoms. The zero-order valence-corrected chi connectivity index (χ0v) is 8.79. The van der Waals surface area contributed by atoms with Crippen LogP contribution in [-0.4, -0.2) is 17.4 Å². The van der Waals surface area contributed by atoms with E-state index in [4.69, 9.17) is 10.00 Å². The minimum Gasteiger partial charge on any atom is -0.460 e. The molecule has 0 bridgehead atoms. The van der Waals surface area contributed by atoms with Gasteiger partial charge in [-0.1, -0.05) is 0 Å². The third kappa shape index (κ3) is 7.29. The quantitative estimate of drug-likeness (QED) is 0.507. The van der Waals surface area contributed by atoms with Crippen LogP contribution in [0.1, 0.15) is 40.0 Å². The van der Waals surface area contributed by atoms with Crippen LogP contribution in [0, 0.1) is 11.3 Å². The van der Waals surface area contributed by atoms with Crippen LogP contribution in [-0.2, 0) is 14.3 Å². The van der Waals surface area contributed by atoms with Gasteiger partial charge >= 0.3 is 5.97 Å². The highest BCUT2D eigenvalue weighted by molar-refractivity contribution is 5.95. The van der Waals surface area contributed by atoms with E-state index in [1.54, 1.807) is 20.8 Å². The molecule has 0 heterocycles. The van der Waals surface area contributed by atoms with Crippen LogP contribution in [0.15, 0.2) is 0 Å². The number of rotatable bonds is 4. The van der Waals surface area contributed by atoms with E-state index < -0.39 is 11.6 Å². The summed E-state index contributed by atoms with van der Waals surface area (Å²) < 4.78 is 4.95. The minimum atomic E-state index is -0.563. The minimum absolute atomic E-state index is 0.121. The van der Waals surface area contributed by atoms with Crippen molar-refractivity contribution in [1.29, 1.82) is 5.26 Å². The Bertz CT molecular complexity index is 258. The zero-order valence-electron chi connectivity index (χ0n) is 8.79. The van der Waals surface area contributed by atoms with Gasteiger partial charge in [-0.15, -0.1) is 0 Å². The molecule has 0 saturated carbocycles. The number of ketones is 1. The van der Waals surface area contributed by atoms with E-state index >= 15 is 0 Å². The normalized spacial score (nSPS) is 10.4. The fourth-order valence-corrected chi connectivity index (χ4v) is 0.822. The van der Waals surface area contributed by atoms with E-state index in [-0.39, 0.29) is 25.0 Å². The standard InChI is InChI=1S/C10H15NO3/c1-10(2,3)14-9(13)7-8(12)5-4-6-11/h4-5,7H2,1-3H3. The van der Waals surface area contributed by atoms with E-state index in [2.05, 4.69) is 0 Å². The number of carbonyl (C=O) groups is 2. The van der Waals surface area contributed by atoms with Crippen LogP contribution < -0.4 is 0 Å². The maximum absolute atomic E-state index is 11.1. The molecule has 0 amide bonds. The van der Waals surface area contributed by atoms with Gasteiger partial charge in [0.15, 0.2) is 0 Å². The summed E-state index contributed by atoms with van der Waals surface area (Å²) in [4.78, 5) is 22.2. The summed E-state index contributed by atoms with van der Waals surface area (Å²) in [6, 6.07) is 1.85. The van der Waals surface area contributed by atoms with Gasteiger partial charge in [-0.3, -0.25) is 9.59 Å². The first-order valence-electron chi connectivity index (χ1n) is 4.45. The van der Waals surface area contributed by atoms with E-state index in [0.29, 0.717) is 0 Å². The third-order valence-corrected chi connectivity index (χ3v) is 1.28. The van der Waals surface area contributed by atoms with Gasteiger partial charge in [0.1, 0.15) is 17.8 Å². The molecule has 0 aromatic carbocycles. The van der Waals surface area contributed by atoms with E-state index in [0.717, 1.165) is 0 Å². The van der Waals surface area contributed by atoms with E-state index in [1.165, 1.54) is 0 Å². The monoisotopic (exact) mass is 197 g/mol. The molecule has 0 aliphatic rings. The lowest BCUT2D eigenvalue weighted by Gasteiger charge is -2.18. The van der Waals surface area contributed by atoms with Gasteiger partial charge in [0.05, 0.1) is 6.07 Å². The predicted molar refractivity (Wildman–Crippen MR) is 50.3 cm³/mol. The van der Waals surface area contributed by atoms with Crippen molar-refractivity contribution in [3.63, 3.8) is 0 Å². The summed E-state index contributed by atoms with van der Waals surface area (Å²) in [5.41, 5.74) is -0.563. The Morgan fingerprint density at radius 2 is 1.93 bits per heavy atom. The van der Waals surface area contributed by atoms with Crippen molar-refractivity contribution in [2.24, 2.45) is 0 Å². The molecule has 4 nitrogen and oxygen atoms in total. The number of hydrogen-bond donors (Lipinski definition) is 0. The summed E-state index contributed by atoms with van der Waals surface area (Å²) in [7, 11) is 0. The van der Waals surface area contributed by atoms with Crippen LogP contribution >= 0.6 is 0 Å². The second kappa shape index (κ2) is 5.38. The Kier molecular flexibility index (Phi) is 4.85. The number of nitrogens with zero attached hydrogens (tertiary/aromatic N) is 1. The molecule has 0 aromatic heterocycles. The largest absolute Gasteiger partial charge is 0.460 e. The Balaban J connectivity index is 3.85. The first-order chi connectivity index (χ1) is 6.35. The van der Waals surface area contributed by atoms with Crippen molar-refractivity contribution >= 4 is 11.8 Å². The molecule has 0 fully saturated rings. The van der Waals surface area contributed by atoms with Crippen molar-refractivity contribution in [2.75, 3.05) is 0 Å². The van der Waals surface area contributed by atoms with Gasteiger partial charge < -0.3 is 4.74 Å². The molecule has 4 heteroatoms. The van der Waals surface area contributed by atoms with Gasteiger partial charge in [-0.2, -0.15) is 5.26 Å². The second-order valence-corrected chi connectivity index (χ2v) is 3.96. The molecule has 0 N–H and O–H groups in total. The summed E-state index contributed by atoms with van der Waals surface area (Å²) in [6.07, 6.45) is 0.0380. The average Bonchev–Trinajstić information content (AvgIpc) is 1.96. The Hall–Kier alpha value is -1.37. The van der Waals surface area contributed by atoms with Crippen molar-refractivity contribution in [2.45, 2.75) is 45.6 Å².